The molecule has 2 N–H and O–H groups in total. The summed E-state index contributed by atoms with van der Waals surface area (Å²) in [6.45, 7) is 0. The van der Waals surface area contributed by atoms with Crippen LogP contribution in [0.4, 0.5) is 0 Å². The maximum Gasteiger partial charge on any atom is 0.271 e. The largest absolute Gasteiger partial charge is 0.508 e. The summed E-state index contributed by atoms with van der Waals surface area (Å²) in [7, 11) is 0. The number of rotatable bonds is 3. The summed E-state index contributed by atoms with van der Waals surface area (Å²) in [5, 5.41) is 12.9. The highest BCUT2D eigenvalue weighted by Gasteiger charge is 2.03. The van der Waals surface area contributed by atoms with E-state index in [1.54, 1.807) is 6.07 Å². The van der Waals surface area contributed by atoms with E-state index in [1.807, 2.05) is 6.07 Å². The van der Waals surface area contributed by atoms with Crippen LogP contribution in [0.25, 0.3) is 0 Å². The lowest BCUT2D eigenvalue weighted by Gasteiger charge is -1.99. The molecule has 0 fully saturated rings. The number of amides is 1. The van der Waals surface area contributed by atoms with E-state index < -0.39 is 0 Å². The molecule has 6 heteroatoms. The van der Waals surface area contributed by atoms with E-state index in [0.717, 1.165) is 4.88 Å². The Morgan fingerprint density at radius 3 is 2.61 bits per heavy atom. The fourth-order valence-electron chi connectivity index (χ4n) is 1.23. The molecule has 1 amide bonds. The molecule has 4 nitrogen and oxygen atoms in total. The van der Waals surface area contributed by atoms with Gasteiger partial charge in [-0.25, -0.2) is 5.43 Å². The maximum atomic E-state index is 11.6. The number of halogens is 1. The fourth-order valence-corrected chi connectivity index (χ4v) is 2.16. The number of nitrogens with zero attached hydrogens (tertiary/aromatic N) is 1. The highest BCUT2D eigenvalue weighted by molar-refractivity contribution is 7.17. The molecule has 0 spiro atoms. The SMILES string of the molecule is O=C(NN=Cc1ccc(Cl)s1)c1ccc(O)cc1. The lowest BCUT2D eigenvalue weighted by Crippen LogP contribution is -2.17. The zero-order valence-corrected chi connectivity index (χ0v) is 10.7. The number of hydrogen-bond donors (Lipinski definition) is 2. The molecule has 1 aromatic carbocycles. The second-order valence-electron chi connectivity index (χ2n) is 3.39. The number of aromatic hydroxyl groups is 1. The first-order valence-corrected chi connectivity index (χ1v) is 6.22. The number of thiophene rings is 1. The fraction of sp³-hybridized carbons (Fsp3) is 0. The average molecular weight is 281 g/mol. The predicted molar refractivity (Wildman–Crippen MR) is 72.5 cm³/mol. The van der Waals surface area contributed by atoms with Gasteiger partial charge in [0.1, 0.15) is 5.75 Å². The van der Waals surface area contributed by atoms with Gasteiger partial charge in [-0.15, -0.1) is 11.3 Å². The summed E-state index contributed by atoms with van der Waals surface area (Å²) in [6.07, 6.45) is 1.52. The number of carbonyl (C=O) groups excluding carboxylic acids is 1. The Kier molecular flexibility index (Phi) is 3.96. The van der Waals surface area contributed by atoms with E-state index in [4.69, 9.17) is 16.7 Å². The van der Waals surface area contributed by atoms with Crippen molar-refractivity contribution in [3.8, 4) is 5.75 Å². The summed E-state index contributed by atoms with van der Waals surface area (Å²) < 4.78 is 0.668. The molecule has 0 radical (unpaired) electrons. The van der Waals surface area contributed by atoms with Gasteiger partial charge in [0.05, 0.1) is 10.6 Å². The van der Waals surface area contributed by atoms with Crippen molar-refractivity contribution in [2.75, 3.05) is 0 Å². The van der Waals surface area contributed by atoms with Crippen LogP contribution in [0.3, 0.4) is 0 Å². The summed E-state index contributed by atoms with van der Waals surface area (Å²) >= 11 is 7.13. The quantitative estimate of drug-likeness (QED) is 0.671. The molecule has 0 saturated carbocycles. The van der Waals surface area contributed by atoms with Crippen LogP contribution in [0.5, 0.6) is 5.75 Å². The summed E-state index contributed by atoms with van der Waals surface area (Å²) in [6, 6.07) is 9.48. The monoisotopic (exact) mass is 280 g/mol. The minimum absolute atomic E-state index is 0.114. The number of hydrazone groups is 1. The van der Waals surface area contributed by atoms with Gasteiger partial charge in [-0.1, -0.05) is 11.6 Å². The zero-order valence-electron chi connectivity index (χ0n) is 9.13. The van der Waals surface area contributed by atoms with Crippen LogP contribution in [0.15, 0.2) is 41.5 Å². The topological polar surface area (TPSA) is 61.7 Å². The number of nitrogens with one attached hydrogen (secondary N) is 1. The van der Waals surface area contributed by atoms with Crippen LogP contribution in [-0.4, -0.2) is 17.2 Å². The van der Waals surface area contributed by atoms with Gasteiger partial charge in [0.2, 0.25) is 0 Å². The van der Waals surface area contributed by atoms with Gasteiger partial charge < -0.3 is 5.11 Å². The minimum Gasteiger partial charge on any atom is -0.508 e. The molecule has 1 aromatic heterocycles. The van der Waals surface area contributed by atoms with E-state index in [2.05, 4.69) is 10.5 Å². The highest BCUT2D eigenvalue weighted by atomic mass is 35.5. The van der Waals surface area contributed by atoms with Crippen molar-refractivity contribution < 1.29 is 9.90 Å². The van der Waals surface area contributed by atoms with Gasteiger partial charge in [0.25, 0.3) is 5.91 Å². The Labute approximate surface area is 113 Å². The second kappa shape index (κ2) is 5.66. The zero-order chi connectivity index (χ0) is 13.0. The van der Waals surface area contributed by atoms with Crippen LogP contribution >= 0.6 is 22.9 Å². The molecule has 0 aliphatic carbocycles. The maximum absolute atomic E-state index is 11.6. The van der Waals surface area contributed by atoms with Crippen molar-refractivity contribution in [1.82, 2.24) is 5.43 Å². The number of benzene rings is 1. The number of hydrogen-bond acceptors (Lipinski definition) is 4. The average Bonchev–Trinajstić information content (AvgIpc) is 2.76. The molecule has 0 atom stereocenters. The number of phenolic OH excluding ortho intramolecular Hbond substituents is 1. The van der Waals surface area contributed by atoms with Crippen LogP contribution in [0.2, 0.25) is 4.34 Å². The molecule has 18 heavy (non-hydrogen) atoms. The van der Waals surface area contributed by atoms with Crippen molar-refractivity contribution in [2.45, 2.75) is 0 Å². The third-order valence-electron chi connectivity index (χ3n) is 2.08. The molecule has 1 heterocycles. The number of phenols is 1. The molecular formula is C12H9ClN2O2S. The molecule has 0 bridgehead atoms. The van der Waals surface area contributed by atoms with E-state index >= 15 is 0 Å². The summed E-state index contributed by atoms with van der Waals surface area (Å²) in [5.74, 6) is -0.225. The van der Waals surface area contributed by atoms with Gasteiger partial charge in [-0.3, -0.25) is 4.79 Å². The molecule has 0 aliphatic rings. The Balaban J connectivity index is 1.96. The molecule has 2 aromatic rings. The lowest BCUT2D eigenvalue weighted by molar-refractivity contribution is 0.0955. The Hall–Kier alpha value is -1.85. The molecule has 92 valence electrons. The highest BCUT2D eigenvalue weighted by Crippen LogP contribution is 2.19. The molecular weight excluding hydrogens is 272 g/mol. The van der Waals surface area contributed by atoms with Crippen LogP contribution in [0, 0.1) is 0 Å². The normalized spacial score (nSPS) is 10.7. The van der Waals surface area contributed by atoms with Crippen LogP contribution < -0.4 is 5.43 Å². The van der Waals surface area contributed by atoms with E-state index in [-0.39, 0.29) is 11.7 Å². The van der Waals surface area contributed by atoms with E-state index in [9.17, 15) is 4.79 Å². The Morgan fingerprint density at radius 1 is 1.28 bits per heavy atom. The Bertz CT molecular complexity index is 578. The van der Waals surface area contributed by atoms with Crippen molar-refractivity contribution in [2.24, 2.45) is 5.10 Å². The van der Waals surface area contributed by atoms with Crippen LogP contribution in [-0.2, 0) is 0 Å². The molecule has 0 saturated heterocycles. The van der Waals surface area contributed by atoms with E-state index in [0.29, 0.717) is 9.90 Å². The summed E-state index contributed by atoms with van der Waals surface area (Å²) in [4.78, 5) is 12.5. The molecule has 0 aliphatic heterocycles. The van der Waals surface area contributed by atoms with Gasteiger partial charge in [0.15, 0.2) is 0 Å². The minimum atomic E-state index is -0.339. The summed E-state index contributed by atoms with van der Waals surface area (Å²) in [5.41, 5.74) is 2.81. The van der Waals surface area contributed by atoms with Gasteiger partial charge in [0, 0.05) is 10.4 Å². The van der Waals surface area contributed by atoms with Crippen molar-refractivity contribution >= 4 is 35.1 Å². The second-order valence-corrected chi connectivity index (χ2v) is 5.13. The standard InChI is InChI=1S/C12H9ClN2O2S/c13-11-6-5-10(18-11)7-14-15-12(17)8-1-3-9(16)4-2-8/h1-7,16H,(H,15,17). The smallest absolute Gasteiger partial charge is 0.271 e. The van der Waals surface area contributed by atoms with Crippen molar-refractivity contribution in [3.05, 3.63) is 51.2 Å². The first-order chi connectivity index (χ1) is 8.65. The van der Waals surface area contributed by atoms with Gasteiger partial charge in [-0.05, 0) is 36.4 Å². The first kappa shape index (κ1) is 12.6. The van der Waals surface area contributed by atoms with Crippen molar-refractivity contribution in [3.63, 3.8) is 0 Å². The van der Waals surface area contributed by atoms with Gasteiger partial charge >= 0.3 is 0 Å². The predicted octanol–water partition coefficient (Wildman–Crippen LogP) is 2.87. The lowest BCUT2D eigenvalue weighted by atomic mass is 10.2. The van der Waals surface area contributed by atoms with Gasteiger partial charge in [-0.2, -0.15) is 5.10 Å². The first-order valence-electron chi connectivity index (χ1n) is 5.03. The third kappa shape index (κ3) is 3.32. The number of carbonyl (C=O) groups is 1. The van der Waals surface area contributed by atoms with Crippen molar-refractivity contribution in [1.29, 1.82) is 0 Å². The molecule has 2 rings (SSSR count). The van der Waals surface area contributed by atoms with E-state index in [1.165, 1.54) is 41.8 Å². The molecule has 0 unspecified atom stereocenters. The van der Waals surface area contributed by atoms with Crippen LogP contribution in [0.1, 0.15) is 15.2 Å². The third-order valence-corrected chi connectivity index (χ3v) is 3.25. The Morgan fingerprint density at radius 2 is 2.00 bits per heavy atom.